The number of hydrogen-bond acceptors (Lipinski definition) is 3. The monoisotopic (exact) mass is 231 g/mol. The highest BCUT2D eigenvalue weighted by Crippen LogP contribution is 2.15. The maximum atomic E-state index is 8.76. The van der Waals surface area contributed by atoms with Gasteiger partial charge in [-0.25, -0.2) is 4.98 Å². The fourth-order valence-electron chi connectivity index (χ4n) is 1.75. The van der Waals surface area contributed by atoms with Crippen molar-refractivity contribution in [2.45, 2.75) is 13.0 Å². The lowest BCUT2D eigenvalue weighted by atomic mass is 10.1. The molecule has 0 aliphatic heterocycles. The van der Waals surface area contributed by atoms with Crippen molar-refractivity contribution < 1.29 is 5.11 Å². The fourth-order valence-corrected chi connectivity index (χ4v) is 1.75. The average Bonchev–Trinajstić information content (AvgIpc) is 2.90. The van der Waals surface area contributed by atoms with E-state index in [1.165, 1.54) is 5.56 Å². The molecule has 4 heteroatoms. The van der Waals surface area contributed by atoms with Gasteiger partial charge in [0.25, 0.3) is 0 Å². The molecule has 17 heavy (non-hydrogen) atoms. The first kappa shape index (κ1) is 11.8. The molecule has 4 nitrogen and oxygen atoms in total. The lowest BCUT2D eigenvalue weighted by Gasteiger charge is -2.13. The van der Waals surface area contributed by atoms with Crippen molar-refractivity contribution in [2.24, 2.45) is 0 Å². The Kier molecular flexibility index (Phi) is 3.90. The van der Waals surface area contributed by atoms with Gasteiger partial charge in [-0.1, -0.05) is 12.1 Å². The average molecular weight is 231 g/mol. The molecular formula is C13H17N3O. The van der Waals surface area contributed by atoms with Crippen LogP contribution in [0.25, 0.3) is 5.69 Å². The second-order valence-corrected chi connectivity index (χ2v) is 3.96. The molecule has 1 aromatic carbocycles. The van der Waals surface area contributed by atoms with E-state index in [1.807, 2.05) is 10.8 Å². The predicted octanol–water partition coefficient (Wildman–Crippen LogP) is 1.52. The van der Waals surface area contributed by atoms with Gasteiger partial charge >= 0.3 is 0 Å². The maximum Gasteiger partial charge on any atom is 0.0991 e. The van der Waals surface area contributed by atoms with Gasteiger partial charge in [-0.3, -0.25) is 0 Å². The second kappa shape index (κ2) is 5.61. The van der Waals surface area contributed by atoms with Gasteiger partial charge in [0.2, 0.25) is 0 Å². The zero-order valence-electron chi connectivity index (χ0n) is 9.87. The van der Waals surface area contributed by atoms with Crippen LogP contribution in [0.2, 0.25) is 0 Å². The molecule has 0 fully saturated rings. The van der Waals surface area contributed by atoms with Gasteiger partial charge in [0, 0.05) is 30.7 Å². The Morgan fingerprint density at radius 2 is 2.12 bits per heavy atom. The first-order valence-electron chi connectivity index (χ1n) is 5.74. The van der Waals surface area contributed by atoms with Crippen LogP contribution in [0.1, 0.15) is 18.5 Å². The van der Waals surface area contributed by atoms with Crippen molar-refractivity contribution >= 4 is 0 Å². The molecule has 90 valence electrons. The Morgan fingerprint density at radius 3 is 2.71 bits per heavy atom. The van der Waals surface area contributed by atoms with Crippen LogP contribution in [-0.2, 0) is 0 Å². The summed E-state index contributed by atoms with van der Waals surface area (Å²) in [7, 11) is 0. The number of aromatic nitrogens is 2. The Morgan fingerprint density at radius 1 is 1.35 bits per heavy atom. The van der Waals surface area contributed by atoms with Gasteiger partial charge in [-0.05, 0) is 24.6 Å². The Balaban J connectivity index is 2.08. The number of hydrogen-bond donors (Lipinski definition) is 2. The minimum absolute atomic E-state index is 0.164. The summed E-state index contributed by atoms with van der Waals surface area (Å²) in [5, 5.41) is 12.0. The van der Waals surface area contributed by atoms with Crippen LogP contribution in [-0.4, -0.2) is 27.8 Å². The van der Waals surface area contributed by atoms with E-state index >= 15 is 0 Å². The van der Waals surface area contributed by atoms with Gasteiger partial charge in [0.15, 0.2) is 0 Å². The van der Waals surface area contributed by atoms with Crippen molar-refractivity contribution in [1.82, 2.24) is 14.9 Å². The van der Waals surface area contributed by atoms with E-state index in [0.717, 1.165) is 5.69 Å². The highest BCUT2D eigenvalue weighted by atomic mass is 16.3. The zero-order valence-corrected chi connectivity index (χ0v) is 9.87. The molecule has 1 unspecified atom stereocenters. The quantitative estimate of drug-likeness (QED) is 0.820. The van der Waals surface area contributed by atoms with Gasteiger partial charge in [0.05, 0.1) is 12.9 Å². The van der Waals surface area contributed by atoms with Crippen LogP contribution in [0.4, 0.5) is 0 Å². The summed E-state index contributed by atoms with van der Waals surface area (Å²) in [6.45, 7) is 2.86. The molecule has 2 rings (SSSR count). The molecule has 0 aliphatic carbocycles. The van der Waals surface area contributed by atoms with Crippen LogP contribution in [0, 0.1) is 0 Å². The number of nitrogens with zero attached hydrogens (tertiary/aromatic N) is 2. The molecular weight excluding hydrogens is 214 g/mol. The Bertz CT molecular complexity index is 436. The number of nitrogens with one attached hydrogen (secondary N) is 1. The summed E-state index contributed by atoms with van der Waals surface area (Å²) in [5.41, 5.74) is 2.31. The first-order valence-corrected chi connectivity index (χ1v) is 5.74. The topological polar surface area (TPSA) is 50.1 Å². The predicted molar refractivity (Wildman–Crippen MR) is 67.1 cm³/mol. The summed E-state index contributed by atoms with van der Waals surface area (Å²) in [5.74, 6) is 0. The minimum Gasteiger partial charge on any atom is -0.395 e. The van der Waals surface area contributed by atoms with Crippen LogP contribution in [0.3, 0.4) is 0 Å². The van der Waals surface area contributed by atoms with Gasteiger partial charge < -0.3 is 15.0 Å². The fraction of sp³-hybridized carbons (Fsp3) is 0.308. The van der Waals surface area contributed by atoms with Crippen molar-refractivity contribution in [1.29, 1.82) is 0 Å². The number of benzene rings is 1. The largest absolute Gasteiger partial charge is 0.395 e. The number of rotatable bonds is 5. The van der Waals surface area contributed by atoms with Crippen LogP contribution >= 0.6 is 0 Å². The number of aliphatic hydroxyl groups excluding tert-OH is 1. The summed E-state index contributed by atoms with van der Waals surface area (Å²) < 4.78 is 1.97. The highest BCUT2D eigenvalue weighted by Gasteiger charge is 2.04. The molecule has 2 N–H and O–H groups in total. The zero-order chi connectivity index (χ0) is 12.1. The molecule has 0 aliphatic rings. The van der Waals surface area contributed by atoms with Crippen LogP contribution in [0.5, 0.6) is 0 Å². The van der Waals surface area contributed by atoms with Crippen molar-refractivity contribution in [3.8, 4) is 5.69 Å². The summed E-state index contributed by atoms with van der Waals surface area (Å²) in [4.78, 5) is 4.02. The molecule has 1 heterocycles. The lowest BCUT2D eigenvalue weighted by molar-refractivity contribution is 0.286. The number of imidazole rings is 1. The molecule has 1 atom stereocenters. The first-order chi connectivity index (χ1) is 8.31. The summed E-state index contributed by atoms with van der Waals surface area (Å²) >= 11 is 0. The molecule has 0 amide bonds. The highest BCUT2D eigenvalue weighted by molar-refractivity contribution is 5.35. The van der Waals surface area contributed by atoms with E-state index < -0.39 is 0 Å². The SMILES string of the molecule is CC(NCCO)c1ccc(-n2ccnc2)cc1. The molecule has 0 spiro atoms. The van der Waals surface area contributed by atoms with Gasteiger partial charge in [-0.2, -0.15) is 0 Å². The molecule has 0 bridgehead atoms. The number of aliphatic hydroxyl groups is 1. The third-order valence-corrected chi connectivity index (χ3v) is 2.76. The molecule has 0 radical (unpaired) electrons. The Labute approximate surface area is 101 Å². The van der Waals surface area contributed by atoms with E-state index in [4.69, 9.17) is 5.11 Å². The third-order valence-electron chi connectivity index (χ3n) is 2.76. The van der Waals surface area contributed by atoms with E-state index in [2.05, 4.69) is 41.5 Å². The normalized spacial score (nSPS) is 12.6. The van der Waals surface area contributed by atoms with Crippen molar-refractivity contribution in [3.63, 3.8) is 0 Å². The standard InChI is InChI=1S/C13H17N3O/c1-11(15-7-9-17)12-2-4-13(5-3-12)16-8-6-14-10-16/h2-6,8,10-11,15,17H,7,9H2,1H3. The third kappa shape index (κ3) is 2.93. The molecule has 2 aromatic rings. The van der Waals surface area contributed by atoms with E-state index in [-0.39, 0.29) is 12.6 Å². The Hall–Kier alpha value is -1.65. The molecule has 0 saturated carbocycles. The minimum atomic E-state index is 0.164. The van der Waals surface area contributed by atoms with Crippen molar-refractivity contribution in [2.75, 3.05) is 13.2 Å². The van der Waals surface area contributed by atoms with Crippen LogP contribution < -0.4 is 5.32 Å². The van der Waals surface area contributed by atoms with Crippen molar-refractivity contribution in [3.05, 3.63) is 48.5 Å². The van der Waals surface area contributed by atoms with E-state index in [1.54, 1.807) is 12.5 Å². The molecule has 1 aromatic heterocycles. The van der Waals surface area contributed by atoms with E-state index in [0.29, 0.717) is 6.54 Å². The van der Waals surface area contributed by atoms with Gasteiger partial charge in [-0.15, -0.1) is 0 Å². The van der Waals surface area contributed by atoms with E-state index in [9.17, 15) is 0 Å². The smallest absolute Gasteiger partial charge is 0.0991 e. The van der Waals surface area contributed by atoms with Crippen LogP contribution in [0.15, 0.2) is 43.0 Å². The second-order valence-electron chi connectivity index (χ2n) is 3.96. The van der Waals surface area contributed by atoms with Gasteiger partial charge in [0.1, 0.15) is 0 Å². The lowest BCUT2D eigenvalue weighted by Crippen LogP contribution is -2.21. The maximum absolute atomic E-state index is 8.76. The summed E-state index contributed by atoms with van der Waals surface area (Å²) in [6.07, 6.45) is 5.46. The summed E-state index contributed by atoms with van der Waals surface area (Å²) in [6, 6.07) is 8.55. The molecule has 0 saturated heterocycles.